The van der Waals surface area contributed by atoms with Gasteiger partial charge in [0.1, 0.15) is 0 Å². The summed E-state index contributed by atoms with van der Waals surface area (Å²) in [6.07, 6.45) is 0. The van der Waals surface area contributed by atoms with E-state index in [0.717, 1.165) is 5.56 Å². The minimum Gasteiger partial charge on any atom is -0.289 e. The van der Waals surface area contributed by atoms with Gasteiger partial charge in [0.15, 0.2) is 5.78 Å². The van der Waals surface area contributed by atoms with Gasteiger partial charge in [-0.05, 0) is 29.8 Å². The number of halogens is 1. The van der Waals surface area contributed by atoms with E-state index in [9.17, 15) is 4.79 Å². The Balaban J connectivity index is 2.27. The van der Waals surface area contributed by atoms with Gasteiger partial charge in [-0.2, -0.15) is 12.6 Å². The highest BCUT2D eigenvalue weighted by Gasteiger charge is 2.08. The Morgan fingerprint density at radius 2 is 1.41 bits per heavy atom. The van der Waals surface area contributed by atoms with Gasteiger partial charge in [0.2, 0.25) is 0 Å². The summed E-state index contributed by atoms with van der Waals surface area (Å²) >= 11 is 9.96. The first kappa shape index (κ1) is 12.2. The van der Waals surface area contributed by atoms with Crippen molar-refractivity contribution < 1.29 is 4.79 Å². The van der Waals surface area contributed by atoms with Crippen LogP contribution in [0.2, 0.25) is 5.02 Å². The molecular formula is C14H11ClOS. The molecule has 0 aliphatic carbocycles. The molecule has 2 aromatic carbocycles. The van der Waals surface area contributed by atoms with Crippen LogP contribution >= 0.6 is 24.2 Å². The third kappa shape index (κ3) is 2.90. The lowest BCUT2D eigenvalue weighted by Gasteiger charge is -2.02. The van der Waals surface area contributed by atoms with Gasteiger partial charge in [0.25, 0.3) is 0 Å². The Hall–Kier alpha value is -1.25. The van der Waals surface area contributed by atoms with Crippen molar-refractivity contribution in [1.29, 1.82) is 0 Å². The molecule has 0 heterocycles. The average molecular weight is 263 g/mol. The molecule has 2 rings (SSSR count). The minimum absolute atomic E-state index is 0.00683. The third-order valence-electron chi connectivity index (χ3n) is 2.51. The van der Waals surface area contributed by atoms with Crippen LogP contribution in [0.1, 0.15) is 21.5 Å². The van der Waals surface area contributed by atoms with E-state index in [-0.39, 0.29) is 5.78 Å². The number of hydrogen-bond donors (Lipinski definition) is 1. The summed E-state index contributed by atoms with van der Waals surface area (Å²) in [5, 5.41) is 0.631. The molecule has 0 unspecified atom stereocenters. The molecule has 0 fully saturated rings. The maximum atomic E-state index is 12.1. The van der Waals surface area contributed by atoms with Gasteiger partial charge in [-0.25, -0.2) is 0 Å². The summed E-state index contributed by atoms with van der Waals surface area (Å²) in [5.74, 6) is 0.683. The van der Waals surface area contributed by atoms with E-state index in [1.807, 2.05) is 24.3 Å². The van der Waals surface area contributed by atoms with Crippen LogP contribution in [0.5, 0.6) is 0 Å². The van der Waals surface area contributed by atoms with Crippen molar-refractivity contribution in [3.05, 3.63) is 70.2 Å². The van der Waals surface area contributed by atoms with Gasteiger partial charge < -0.3 is 0 Å². The maximum absolute atomic E-state index is 12.1. The van der Waals surface area contributed by atoms with Crippen molar-refractivity contribution in [2.24, 2.45) is 0 Å². The first-order chi connectivity index (χ1) is 8.20. The number of carbonyl (C=O) groups excluding carboxylic acids is 1. The van der Waals surface area contributed by atoms with Gasteiger partial charge in [0.05, 0.1) is 0 Å². The maximum Gasteiger partial charge on any atom is 0.193 e. The molecule has 0 aliphatic rings. The quantitative estimate of drug-likeness (QED) is 0.654. The molecule has 0 bridgehead atoms. The Labute approximate surface area is 111 Å². The SMILES string of the molecule is O=C(c1ccc(Cl)cc1)c1ccc(CS)cc1. The molecular weight excluding hydrogens is 252 g/mol. The fourth-order valence-electron chi connectivity index (χ4n) is 1.53. The van der Waals surface area contributed by atoms with Crippen LogP contribution in [0, 0.1) is 0 Å². The predicted octanol–water partition coefficient (Wildman–Crippen LogP) is 4.00. The number of benzene rings is 2. The highest BCUT2D eigenvalue weighted by Crippen LogP contribution is 2.15. The zero-order chi connectivity index (χ0) is 12.3. The predicted molar refractivity (Wildman–Crippen MR) is 74.0 cm³/mol. The van der Waals surface area contributed by atoms with Crippen molar-refractivity contribution in [3.8, 4) is 0 Å². The normalized spacial score (nSPS) is 10.2. The molecule has 1 nitrogen and oxygen atoms in total. The van der Waals surface area contributed by atoms with Crippen LogP contribution in [-0.4, -0.2) is 5.78 Å². The van der Waals surface area contributed by atoms with Crippen LogP contribution in [0.25, 0.3) is 0 Å². The number of rotatable bonds is 3. The zero-order valence-electron chi connectivity index (χ0n) is 9.06. The van der Waals surface area contributed by atoms with Crippen LogP contribution in [0.15, 0.2) is 48.5 Å². The summed E-state index contributed by atoms with van der Waals surface area (Å²) in [6.45, 7) is 0. The first-order valence-electron chi connectivity index (χ1n) is 5.21. The van der Waals surface area contributed by atoms with Crippen molar-refractivity contribution in [2.75, 3.05) is 0 Å². The minimum atomic E-state index is 0.00683. The Morgan fingerprint density at radius 3 is 1.88 bits per heavy atom. The highest BCUT2D eigenvalue weighted by atomic mass is 35.5. The van der Waals surface area contributed by atoms with Gasteiger partial charge in [-0.3, -0.25) is 4.79 Å². The Morgan fingerprint density at radius 1 is 0.941 bits per heavy atom. The van der Waals surface area contributed by atoms with Crippen LogP contribution in [0.3, 0.4) is 0 Å². The molecule has 0 radical (unpaired) electrons. The van der Waals surface area contributed by atoms with Crippen molar-refractivity contribution >= 4 is 30.0 Å². The number of thiol groups is 1. The second kappa shape index (κ2) is 5.39. The van der Waals surface area contributed by atoms with Crippen LogP contribution < -0.4 is 0 Å². The molecule has 0 amide bonds. The summed E-state index contributed by atoms with van der Waals surface area (Å²) in [4.78, 5) is 12.1. The zero-order valence-corrected chi connectivity index (χ0v) is 10.7. The Kier molecular flexibility index (Phi) is 3.87. The fourth-order valence-corrected chi connectivity index (χ4v) is 1.87. The van der Waals surface area contributed by atoms with Crippen molar-refractivity contribution in [1.82, 2.24) is 0 Å². The molecule has 0 saturated carbocycles. The Bertz CT molecular complexity index is 517. The lowest BCUT2D eigenvalue weighted by Crippen LogP contribution is -2.00. The van der Waals surface area contributed by atoms with Crippen LogP contribution in [-0.2, 0) is 5.75 Å². The van der Waals surface area contributed by atoms with Gasteiger partial charge in [-0.1, -0.05) is 35.9 Å². The average Bonchev–Trinajstić information content (AvgIpc) is 2.39. The lowest BCUT2D eigenvalue weighted by molar-refractivity contribution is 0.103. The van der Waals surface area contributed by atoms with Crippen LogP contribution in [0.4, 0.5) is 0 Å². The van der Waals surface area contributed by atoms with E-state index in [0.29, 0.717) is 21.9 Å². The number of ketones is 1. The summed E-state index contributed by atoms with van der Waals surface area (Å²) in [6, 6.07) is 14.4. The van der Waals surface area contributed by atoms with E-state index in [4.69, 9.17) is 11.6 Å². The number of carbonyl (C=O) groups is 1. The third-order valence-corrected chi connectivity index (χ3v) is 3.12. The van der Waals surface area contributed by atoms with Gasteiger partial charge >= 0.3 is 0 Å². The smallest absolute Gasteiger partial charge is 0.193 e. The van der Waals surface area contributed by atoms with Crippen molar-refractivity contribution in [3.63, 3.8) is 0 Å². The molecule has 0 saturated heterocycles. The van der Waals surface area contributed by atoms with Gasteiger partial charge in [0, 0.05) is 21.9 Å². The molecule has 2 aromatic rings. The summed E-state index contributed by atoms with van der Waals surface area (Å²) in [7, 11) is 0. The second-order valence-corrected chi connectivity index (χ2v) is 4.44. The highest BCUT2D eigenvalue weighted by molar-refractivity contribution is 7.79. The molecule has 0 atom stereocenters. The second-order valence-electron chi connectivity index (χ2n) is 3.69. The lowest BCUT2D eigenvalue weighted by atomic mass is 10.0. The van der Waals surface area contributed by atoms with E-state index in [1.165, 1.54) is 0 Å². The summed E-state index contributed by atoms with van der Waals surface area (Å²) in [5.41, 5.74) is 2.42. The van der Waals surface area contributed by atoms with E-state index >= 15 is 0 Å². The van der Waals surface area contributed by atoms with E-state index in [2.05, 4.69) is 12.6 Å². The van der Waals surface area contributed by atoms with E-state index in [1.54, 1.807) is 24.3 Å². The molecule has 0 spiro atoms. The summed E-state index contributed by atoms with van der Waals surface area (Å²) < 4.78 is 0. The monoisotopic (exact) mass is 262 g/mol. The topological polar surface area (TPSA) is 17.1 Å². The fraction of sp³-hybridized carbons (Fsp3) is 0.0714. The molecule has 17 heavy (non-hydrogen) atoms. The largest absolute Gasteiger partial charge is 0.289 e. The number of hydrogen-bond acceptors (Lipinski definition) is 2. The van der Waals surface area contributed by atoms with E-state index < -0.39 is 0 Å². The molecule has 3 heteroatoms. The molecule has 86 valence electrons. The standard InChI is InChI=1S/C14H11ClOS/c15-13-7-5-12(6-8-13)14(16)11-3-1-10(9-17)2-4-11/h1-8,17H,9H2. The first-order valence-corrected chi connectivity index (χ1v) is 6.22. The molecule has 0 aromatic heterocycles. The van der Waals surface area contributed by atoms with Gasteiger partial charge in [-0.15, -0.1) is 0 Å². The van der Waals surface area contributed by atoms with Crippen molar-refractivity contribution in [2.45, 2.75) is 5.75 Å². The molecule has 0 aliphatic heterocycles. The molecule has 0 N–H and O–H groups in total.